The van der Waals surface area contributed by atoms with E-state index in [1.165, 1.54) is 11.1 Å². The van der Waals surface area contributed by atoms with Crippen molar-refractivity contribution in [1.82, 2.24) is 4.98 Å². The van der Waals surface area contributed by atoms with Gasteiger partial charge in [0.2, 0.25) is 0 Å². The first kappa shape index (κ1) is 19.3. The third-order valence-corrected chi connectivity index (χ3v) is 10.8. The molecule has 1 unspecified atom stereocenters. The Morgan fingerprint density at radius 1 is 0.629 bits per heavy atom. The van der Waals surface area contributed by atoms with E-state index in [-0.39, 0.29) is 5.92 Å². The van der Waals surface area contributed by atoms with Crippen LogP contribution < -0.4 is 15.9 Å². The van der Waals surface area contributed by atoms with Crippen LogP contribution in [0.3, 0.4) is 0 Å². The van der Waals surface area contributed by atoms with Gasteiger partial charge in [0.05, 0.1) is 17.3 Å². The maximum atomic E-state index is 15.0. The highest BCUT2D eigenvalue weighted by Gasteiger charge is 2.42. The third-order valence-electron chi connectivity index (χ3n) is 7.64. The summed E-state index contributed by atoms with van der Waals surface area (Å²) in [7, 11) is -2.99. The van der Waals surface area contributed by atoms with Gasteiger partial charge >= 0.3 is 0 Å². The first-order chi connectivity index (χ1) is 17.2. The van der Waals surface area contributed by atoms with Crippen LogP contribution in [0.15, 0.2) is 114 Å². The molecule has 3 heterocycles. The van der Waals surface area contributed by atoms with E-state index >= 15 is 4.57 Å². The Hall–Kier alpha value is -4.07. The summed E-state index contributed by atoms with van der Waals surface area (Å²) in [6.45, 7) is 0. The monoisotopic (exact) mass is 466 g/mol. The number of hydrogen-bond acceptors (Lipinski definition) is 3. The Morgan fingerprint density at radius 2 is 1.31 bits per heavy atom. The minimum atomic E-state index is -2.99. The lowest BCUT2D eigenvalue weighted by atomic mass is 9.76. The van der Waals surface area contributed by atoms with E-state index < -0.39 is 7.14 Å². The standard InChI is InChI=1S/C31H19N2OP/c34-35(28-11-5-3-8-21(28)22-9-4-6-12-29(22)35)19-13-14-27-25(17-19)30-23-10-2-1-7-20(23)26-18-32-16-15-24(26)31(30)33-27/h1-18,30H. The summed E-state index contributed by atoms with van der Waals surface area (Å²) in [5.74, 6) is 0.0238. The first-order valence-corrected chi connectivity index (χ1v) is 13.5. The molecular formula is C31H19N2OP. The molecule has 4 heteroatoms. The number of rotatable bonds is 1. The van der Waals surface area contributed by atoms with Crippen LogP contribution in [0.1, 0.15) is 22.6 Å². The molecule has 1 aromatic heterocycles. The zero-order valence-corrected chi connectivity index (χ0v) is 19.6. The smallest absolute Gasteiger partial charge is 0.172 e. The lowest BCUT2D eigenvalue weighted by Crippen LogP contribution is -2.23. The van der Waals surface area contributed by atoms with E-state index in [2.05, 4.69) is 59.6 Å². The molecular weight excluding hydrogens is 447 g/mol. The molecule has 8 rings (SSSR count). The van der Waals surface area contributed by atoms with Crippen LogP contribution in [-0.2, 0) is 4.57 Å². The van der Waals surface area contributed by atoms with Crippen LogP contribution >= 0.6 is 7.14 Å². The van der Waals surface area contributed by atoms with Crippen molar-refractivity contribution in [2.75, 3.05) is 0 Å². The highest BCUT2D eigenvalue weighted by atomic mass is 31.2. The minimum Gasteiger partial charge on any atom is -0.309 e. The summed E-state index contributed by atoms with van der Waals surface area (Å²) in [6.07, 6.45) is 3.78. The Balaban J connectivity index is 1.37. The summed E-state index contributed by atoms with van der Waals surface area (Å²) in [6, 6.07) is 33.1. The van der Waals surface area contributed by atoms with Gasteiger partial charge in [-0.2, -0.15) is 0 Å². The molecule has 0 radical (unpaired) electrons. The molecule has 2 aliphatic heterocycles. The lowest BCUT2D eigenvalue weighted by molar-refractivity contribution is 0.593. The van der Waals surface area contributed by atoms with Gasteiger partial charge in [0.15, 0.2) is 7.14 Å². The number of benzene rings is 4. The van der Waals surface area contributed by atoms with Gasteiger partial charge in [0.1, 0.15) is 0 Å². The van der Waals surface area contributed by atoms with E-state index in [9.17, 15) is 0 Å². The summed E-state index contributed by atoms with van der Waals surface area (Å²) in [5.41, 5.74) is 9.97. The van der Waals surface area contributed by atoms with E-state index in [0.29, 0.717) is 0 Å². The molecule has 0 bridgehead atoms. The Kier molecular flexibility index (Phi) is 3.71. The number of hydrogen-bond donors (Lipinski definition) is 0. The van der Waals surface area contributed by atoms with Gasteiger partial charge in [-0.3, -0.25) is 9.98 Å². The van der Waals surface area contributed by atoms with Crippen LogP contribution in [0, 0.1) is 0 Å². The second kappa shape index (κ2) is 6.75. The first-order valence-electron chi connectivity index (χ1n) is 11.8. The summed E-state index contributed by atoms with van der Waals surface area (Å²) < 4.78 is 15.0. The molecule has 5 aromatic rings. The molecule has 4 aromatic carbocycles. The molecule has 164 valence electrons. The van der Waals surface area contributed by atoms with Crippen molar-refractivity contribution in [2.24, 2.45) is 4.99 Å². The van der Waals surface area contributed by atoms with E-state index in [0.717, 1.165) is 55.1 Å². The van der Waals surface area contributed by atoms with Gasteiger partial charge in [-0.1, -0.05) is 72.8 Å². The number of fused-ring (bicyclic) bond motifs is 11. The zero-order chi connectivity index (χ0) is 23.1. The van der Waals surface area contributed by atoms with Crippen molar-refractivity contribution in [2.45, 2.75) is 5.92 Å². The van der Waals surface area contributed by atoms with E-state index in [1.54, 1.807) is 0 Å². The second-order valence-corrected chi connectivity index (χ2v) is 12.0. The van der Waals surface area contributed by atoms with Gasteiger partial charge in [-0.15, -0.1) is 0 Å². The second-order valence-electron chi connectivity index (χ2n) is 9.33. The van der Waals surface area contributed by atoms with Gasteiger partial charge in [0.25, 0.3) is 0 Å². The molecule has 0 spiro atoms. The largest absolute Gasteiger partial charge is 0.309 e. The van der Waals surface area contributed by atoms with Crippen molar-refractivity contribution < 1.29 is 4.57 Å². The Labute approximate surface area is 203 Å². The number of aromatic nitrogens is 1. The fraction of sp³-hybridized carbons (Fsp3) is 0.0323. The van der Waals surface area contributed by atoms with Gasteiger partial charge in [-0.05, 0) is 52.1 Å². The maximum Gasteiger partial charge on any atom is 0.172 e. The van der Waals surface area contributed by atoms with Crippen molar-refractivity contribution in [3.8, 4) is 22.3 Å². The molecule has 0 fully saturated rings. The Bertz CT molecular complexity index is 1750. The van der Waals surface area contributed by atoms with Crippen LogP contribution in [0.5, 0.6) is 0 Å². The predicted octanol–water partition coefficient (Wildman–Crippen LogP) is 5.95. The summed E-state index contributed by atoms with van der Waals surface area (Å²) >= 11 is 0. The molecule has 3 nitrogen and oxygen atoms in total. The zero-order valence-electron chi connectivity index (χ0n) is 18.7. The van der Waals surface area contributed by atoms with Crippen molar-refractivity contribution >= 4 is 34.5 Å². The van der Waals surface area contributed by atoms with Crippen molar-refractivity contribution in [3.63, 3.8) is 0 Å². The maximum absolute atomic E-state index is 15.0. The number of pyridine rings is 1. The third kappa shape index (κ3) is 2.39. The fourth-order valence-electron chi connectivity index (χ4n) is 6.13. The average Bonchev–Trinajstić information content (AvgIpc) is 3.44. The van der Waals surface area contributed by atoms with Gasteiger partial charge in [0, 0.05) is 39.4 Å². The van der Waals surface area contributed by atoms with Gasteiger partial charge < -0.3 is 4.57 Å². The lowest BCUT2D eigenvalue weighted by Gasteiger charge is -2.26. The van der Waals surface area contributed by atoms with Crippen LogP contribution in [0.25, 0.3) is 22.3 Å². The molecule has 35 heavy (non-hydrogen) atoms. The summed E-state index contributed by atoms with van der Waals surface area (Å²) in [4.78, 5) is 9.48. The predicted molar refractivity (Wildman–Crippen MR) is 143 cm³/mol. The Morgan fingerprint density at radius 3 is 2.09 bits per heavy atom. The minimum absolute atomic E-state index is 0.0238. The average molecular weight is 466 g/mol. The van der Waals surface area contributed by atoms with Crippen LogP contribution in [0.2, 0.25) is 0 Å². The number of nitrogens with zero attached hydrogens (tertiary/aromatic N) is 2. The van der Waals surface area contributed by atoms with Crippen molar-refractivity contribution in [1.29, 1.82) is 0 Å². The molecule has 3 aliphatic rings. The molecule has 0 saturated heterocycles. The van der Waals surface area contributed by atoms with Crippen LogP contribution in [-0.4, -0.2) is 10.7 Å². The molecule has 0 N–H and O–H groups in total. The SMILES string of the molecule is O=P1(c2ccc3c(c2)C2C(=N3)c3ccncc3-c3ccccc32)c2ccccc2-c2ccccc21. The molecule has 1 atom stereocenters. The van der Waals surface area contributed by atoms with E-state index in [1.807, 2.05) is 54.9 Å². The highest BCUT2D eigenvalue weighted by Crippen LogP contribution is 2.54. The number of aliphatic imine (C=N–C) groups is 1. The normalized spacial score (nSPS) is 17.4. The van der Waals surface area contributed by atoms with E-state index in [4.69, 9.17) is 4.99 Å². The molecule has 0 saturated carbocycles. The molecule has 1 aliphatic carbocycles. The van der Waals surface area contributed by atoms with Crippen molar-refractivity contribution in [3.05, 3.63) is 126 Å². The van der Waals surface area contributed by atoms with Crippen LogP contribution in [0.4, 0.5) is 5.69 Å². The topological polar surface area (TPSA) is 42.3 Å². The summed E-state index contributed by atoms with van der Waals surface area (Å²) in [5, 5.41) is 2.74. The highest BCUT2D eigenvalue weighted by molar-refractivity contribution is 7.86. The van der Waals surface area contributed by atoms with Gasteiger partial charge in [-0.25, -0.2) is 0 Å². The molecule has 0 amide bonds. The quantitative estimate of drug-likeness (QED) is 0.281. The fourth-order valence-corrected chi connectivity index (χ4v) is 9.21.